The summed E-state index contributed by atoms with van der Waals surface area (Å²) in [5.41, 5.74) is 2.50. The van der Waals surface area contributed by atoms with Crippen molar-refractivity contribution in [2.24, 2.45) is 0 Å². The fourth-order valence-electron chi connectivity index (χ4n) is 2.05. The summed E-state index contributed by atoms with van der Waals surface area (Å²) in [6.45, 7) is 4.64. The first kappa shape index (κ1) is 13.1. The normalized spacial score (nSPS) is 19.5. The maximum atomic E-state index is 11.8. The molecule has 0 spiro atoms. The van der Waals surface area contributed by atoms with E-state index in [9.17, 15) is 4.79 Å². The lowest BCUT2D eigenvalue weighted by atomic mass is 10.1. The number of hydrogen-bond donors (Lipinski definition) is 2. The summed E-state index contributed by atoms with van der Waals surface area (Å²) in [6, 6.07) is 8.15. The molecule has 1 aromatic carbocycles. The second kappa shape index (κ2) is 6.52. The van der Waals surface area contributed by atoms with E-state index in [-0.39, 0.29) is 11.9 Å². The molecule has 1 aromatic rings. The SMILES string of the molecule is Cc1cccc(CCNC(=O)C2COCCN2)c1. The van der Waals surface area contributed by atoms with E-state index in [0.717, 1.165) is 13.0 Å². The van der Waals surface area contributed by atoms with Gasteiger partial charge in [0.1, 0.15) is 6.04 Å². The Hall–Kier alpha value is -1.39. The van der Waals surface area contributed by atoms with Crippen LogP contribution in [0.15, 0.2) is 24.3 Å². The van der Waals surface area contributed by atoms with Crippen molar-refractivity contribution in [2.75, 3.05) is 26.3 Å². The van der Waals surface area contributed by atoms with Crippen LogP contribution in [0.1, 0.15) is 11.1 Å². The number of hydrogen-bond acceptors (Lipinski definition) is 3. The van der Waals surface area contributed by atoms with Crippen molar-refractivity contribution in [3.05, 3.63) is 35.4 Å². The van der Waals surface area contributed by atoms with Crippen LogP contribution in [0.5, 0.6) is 0 Å². The summed E-state index contributed by atoms with van der Waals surface area (Å²) >= 11 is 0. The fourth-order valence-corrected chi connectivity index (χ4v) is 2.05. The van der Waals surface area contributed by atoms with Gasteiger partial charge in [-0.1, -0.05) is 29.8 Å². The van der Waals surface area contributed by atoms with Gasteiger partial charge in [-0.25, -0.2) is 0 Å². The number of benzene rings is 1. The third-order valence-corrected chi connectivity index (χ3v) is 3.03. The Kier molecular flexibility index (Phi) is 4.73. The first-order valence-electron chi connectivity index (χ1n) is 6.40. The second-order valence-corrected chi connectivity index (χ2v) is 4.61. The molecule has 2 N–H and O–H groups in total. The largest absolute Gasteiger partial charge is 0.378 e. The van der Waals surface area contributed by atoms with Gasteiger partial charge in [0.2, 0.25) is 5.91 Å². The van der Waals surface area contributed by atoms with Gasteiger partial charge in [-0.05, 0) is 18.9 Å². The molecule has 1 aliphatic rings. The van der Waals surface area contributed by atoms with Gasteiger partial charge in [0.25, 0.3) is 0 Å². The average molecular weight is 248 g/mol. The Morgan fingerprint density at radius 1 is 1.56 bits per heavy atom. The average Bonchev–Trinajstić information content (AvgIpc) is 2.40. The van der Waals surface area contributed by atoms with E-state index in [1.165, 1.54) is 11.1 Å². The van der Waals surface area contributed by atoms with Crippen molar-refractivity contribution in [3.63, 3.8) is 0 Å². The van der Waals surface area contributed by atoms with Crippen molar-refractivity contribution in [3.8, 4) is 0 Å². The van der Waals surface area contributed by atoms with Crippen molar-refractivity contribution in [2.45, 2.75) is 19.4 Å². The summed E-state index contributed by atoms with van der Waals surface area (Å²) in [5.74, 6) is 0.0300. The summed E-state index contributed by atoms with van der Waals surface area (Å²) in [5, 5.41) is 6.08. The number of aryl methyl sites for hydroxylation is 1. The molecule has 0 aliphatic carbocycles. The number of nitrogens with one attached hydrogen (secondary N) is 2. The summed E-state index contributed by atoms with van der Waals surface area (Å²) < 4.78 is 5.26. The smallest absolute Gasteiger partial charge is 0.239 e. The Morgan fingerprint density at radius 2 is 2.44 bits per heavy atom. The molecule has 0 aromatic heterocycles. The third kappa shape index (κ3) is 3.82. The molecular formula is C14H20N2O2. The number of amides is 1. The van der Waals surface area contributed by atoms with E-state index >= 15 is 0 Å². The van der Waals surface area contributed by atoms with Gasteiger partial charge in [-0.15, -0.1) is 0 Å². The maximum absolute atomic E-state index is 11.8. The molecule has 2 rings (SSSR count). The van der Waals surface area contributed by atoms with Crippen LogP contribution in [0, 0.1) is 6.92 Å². The van der Waals surface area contributed by atoms with Gasteiger partial charge < -0.3 is 15.4 Å². The lowest BCUT2D eigenvalue weighted by Crippen LogP contribution is -2.51. The number of ether oxygens (including phenoxy) is 1. The van der Waals surface area contributed by atoms with E-state index in [0.29, 0.717) is 19.8 Å². The van der Waals surface area contributed by atoms with E-state index in [1.807, 2.05) is 6.07 Å². The standard InChI is InChI=1S/C14H20N2O2/c1-11-3-2-4-12(9-11)5-6-16-14(17)13-10-18-8-7-15-13/h2-4,9,13,15H,5-8,10H2,1H3,(H,16,17). The molecule has 4 nitrogen and oxygen atoms in total. The maximum Gasteiger partial charge on any atom is 0.239 e. The molecule has 4 heteroatoms. The fraction of sp³-hybridized carbons (Fsp3) is 0.500. The van der Waals surface area contributed by atoms with Crippen molar-refractivity contribution < 1.29 is 9.53 Å². The number of carbonyl (C=O) groups is 1. The van der Waals surface area contributed by atoms with Crippen LogP contribution in [-0.2, 0) is 16.0 Å². The van der Waals surface area contributed by atoms with E-state index in [4.69, 9.17) is 4.74 Å². The number of rotatable bonds is 4. The predicted octanol–water partition coefficient (Wildman–Crippen LogP) is 0.642. The van der Waals surface area contributed by atoms with Crippen LogP contribution >= 0.6 is 0 Å². The van der Waals surface area contributed by atoms with E-state index in [2.05, 4.69) is 35.8 Å². The van der Waals surface area contributed by atoms with Gasteiger partial charge in [0, 0.05) is 13.1 Å². The summed E-state index contributed by atoms with van der Waals surface area (Å²) in [7, 11) is 0. The summed E-state index contributed by atoms with van der Waals surface area (Å²) in [6.07, 6.45) is 0.862. The Morgan fingerprint density at radius 3 is 3.17 bits per heavy atom. The molecule has 1 fully saturated rings. The highest BCUT2D eigenvalue weighted by Gasteiger charge is 2.20. The zero-order chi connectivity index (χ0) is 12.8. The first-order valence-corrected chi connectivity index (χ1v) is 6.40. The Balaban J connectivity index is 1.73. The molecule has 1 atom stereocenters. The number of morpholine rings is 1. The van der Waals surface area contributed by atoms with Crippen LogP contribution in [0.3, 0.4) is 0 Å². The highest BCUT2D eigenvalue weighted by Crippen LogP contribution is 2.04. The molecule has 1 unspecified atom stereocenters. The van der Waals surface area contributed by atoms with Gasteiger partial charge in [-0.2, -0.15) is 0 Å². The van der Waals surface area contributed by atoms with E-state index in [1.54, 1.807) is 0 Å². The van der Waals surface area contributed by atoms with Crippen molar-refractivity contribution in [1.29, 1.82) is 0 Å². The molecule has 0 bridgehead atoms. The third-order valence-electron chi connectivity index (χ3n) is 3.03. The minimum atomic E-state index is -0.198. The second-order valence-electron chi connectivity index (χ2n) is 4.61. The topological polar surface area (TPSA) is 50.4 Å². The molecule has 1 amide bonds. The molecule has 0 saturated carbocycles. The van der Waals surface area contributed by atoms with Crippen LogP contribution in [0.2, 0.25) is 0 Å². The lowest BCUT2D eigenvalue weighted by Gasteiger charge is -2.22. The number of carbonyl (C=O) groups excluding carboxylic acids is 1. The van der Waals surface area contributed by atoms with Gasteiger partial charge >= 0.3 is 0 Å². The van der Waals surface area contributed by atoms with E-state index < -0.39 is 0 Å². The van der Waals surface area contributed by atoms with Crippen LogP contribution in [0.4, 0.5) is 0 Å². The quantitative estimate of drug-likeness (QED) is 0.822. The Bertz CT molecular complexity index is 401. The van der Waals surface area contributed by atoms with Crippen LogP contribution in [-0.4, -0.2) is 38.3 Å². The molecular weight excluding hydrogens is 228 g/mol. The molecule has 18 heavy (non-hydrogen) atoms. The van der Waals surface area contributed by atoms with Gasteiger partial charge in [0.05, 0.1) is 13.2 Å². The molecule has 1 saturated heterocycles. The van der Waals surface area contributed by atoms with Crippen LogP contribution < -0.4 is 10.6 Å². The zero-order valence-electron chi connectivity index (χ0n) is 10.7. The molecule has 0 radical (unpaired) electrons. The van der Waals surface area contributed by atoms with Crippen molar-refractivity contribution in [1.82, 2.24) is 10.6 Å². The van der Waals surface area contributed by atoms with Gasteiger partial charge in [-0.3, -0.25) is 4.79 Å². The summed E-state index contributed by atoms with van der Waals surface area (Å²) in [4.78, 5) is 11.8. The minimum absolute atomic E-state index is 0.0300. The minimum Gasteiger partial charge on any atom is -0.378 e. The highest BCUT2D eigenvalue weighted by atomic mass is 16.5. The molecule has 98 valence electrons. The molecule has 1 aliphatic heterocycles. The van der Waals surface area contributed by atoms with Crippen LogP contribution in [0.25, 0.3) is 0 Å². The lowest BCUT2D eigenvalue weighted by molar-refractivity contribution is -0.125. The van der Waals surface area contributed by atoms with Gasteiger partial charge in [0.15, 0.2) is 0 Å². The highest BCUT2D eigenvalue weighted by molar-refractivity contribution is 5.81. The predicted molar refractivity (Wildman–Crippen MR) is 70.5 cm³/mol. The first-order chi connectivity index (χ1) is 8.75. The molecule has 1 heterocycles. The van der Waals surface area contributed by atoms with Crippen molar-refractivity contribution >= 4 is 5.91 Å². The monoisotopic (exact) mass is 248 g/mol. The Labute approximate surface area is 108 Å². The zero-order valence-corrected chi connectivity index (χ0v) is 10.7.